The van der Waals surface area contributed by atoms with Gasteiger partial charge in [-0.2, -0.15) is 0 Å². The fourth-order valence-corrected chi connectivity index (χ4v) is 5.20. The first-order valence-electron chi connectivity index (χ1n) is 13.6. The van der Waals surface area contributed by atoms with Gasteiger partial charge in [-0.25, -0.2) is 4.39 Å². The second kappa shape index (κ2) is 13.5. The van der Waals surface area contributed by atoms with Crippen LogP contribution in [-0.2, 0) is 29.0 Å². The molecule has 3 unspecified atom stereocenters. The summed E-state index contributed by atoms with van der Waals surface area (Å²) in [4.78, 5) is 30.4. The summed E-state index contributed by atoms with van der Waals surface area (Å²) in [7, 11) is 0. The van der Waals surface area contributed by atoms with Gasteiger partial charge in [0, 0.05) is 44.5 Å². The van der Waals surface area contributed by atoms with E-state index in [2.05, 4.69) is 39.8 Å². The quantitative estimate of drug-likeness (QED) is 0.404. The molecule has 1 aliphatic carbocycles. The number of rotatable bonds is 7. The van der Waals surface area contributed by atoms with Gasteiger partial charge in [-0.3, -0.25) is 14.6 Å². The summed E-state index contributed by atoms with van der Waals surface area (Å²) in [6, 6.07) is 5.75. The van der Waals surface area contributed by atoms with Crippen LogP contribution < -0.4 is 20.7 Å². The van der Waals surface area contributed by atoms with E-state index < -0.39 is 29.8 Å². The first-order chi connectivity index (χ1) is 18.9. The van der Waals surface area contributed by atoms with E-state index in [1.165, 1.54) is 12.1 Å². The summed E-state index contributed by atoms with van der Waals surface area (Å²) < 4.78 is 20.2. The largest absolute Gasteiger partial charge is 0.493 e. The van der Waals surface area contributed by atoms with Crippen LogP contribution in [0.3, 0.4) is 0 Å². The Balaban J connectivity index is 1.51. The molecule has 1 aliphatic heterocycles. The Kier molecular flexibility index (Phi) is 9.90. The highest BCUT2D eigenvalue weighted by Crippen LogP contribution is 2.49. The van der Waals surface area contributed by atoms with E-state index in [4.69, 9.17) is 11.2 Å². The average Bonchev–Trinajstić information content (AvgIpc) is 3.63. The lowest BCUT2D eigenvalue weighted by Gasteiger charge is -2.25. The Morgan fingerprint density at radius 1 is 1.18 bits per heavy atom. The van der Waals surface area contributed by atoms with E-state index in [0.717, 1.165) is 17.5 Å². The van der Waals surface area contributed by atoms with Crippen molar-refractivity contribution in [3.05, 3.63) is 59.2 Å². The maximum Gasteiger partial charge on any atom is 0.224 e. The smallest absolute Gasteiger partial charge is 0.224 e. The lowest BCUT2D eigenvalue weighted by Crippen LogP contribution is -2.49. The number of aliphatic hydroxyl groups is 1. The molecule has 9 heteroatoms. The third-order valence-electron chi connectivity index (χ3n) is 7.39. The maximum absolute atomic E-state index is 14.4. The van der Waals surface area contributed by atoms with Crippen molar-refractivity contribution in [2.45, 2.75) is 57.7 Å². The number of aryl methyl sites for hydroxylation is 1. The number of pyridine rings is 1. The van der Waals surface area contributed by atoms with Gasteiger partial charge in [0.25, 0.3) is 0 Å². The number of aliphatic hydroxyl groups excluding tert-OH is 1. The highest BCUT2D eigenvalue weighted by molar-refractivity contribution is 5.93. The number of nitrogens with zero attached hydrogens (tertiary/aromatic N) is 1. The molecule has 0 radical (unpaired) electrons. The lowest BCUT2D eigenvalue weighted by atomic mass is 10.00. The van der Waals surface area contributed by atoms with Gasteiger partial charge in [-0.05, 0) is 60.4 Å². The van der Waals surface area contributed by atoms with E-state index in [1.54, 1.807) is 12.3 Å². The molecule has 1 aromatic carbocycles. The van der Waals surface area contributed by atoms with Crippen LogP contribution >= 0.6 is 0 Å². The molecule has 1 fully saturated rings. The molecule has 2 amide bonds. The van der Waals surface area contributed by atoms with Crippen LogP contribution in [-0.4, -0.2) is 53.7 Å². The van der Waals surface area contributed by atoms with Gasteiger partial charge in [-0.15, -0.1) is 12.3 Å². The molecule has 5 atom stereocenters. The minimum absolute atomic E-state index is 0.180. The van der Waals surface area contributed by atoms with E-state index in [1.807, 2.05) is 6.20 Å². The van der Waals surface area contributed by atoms with Crippen LogP contribution in [0.2, 0.25) is 0 Å². The van der Waals surface area contributed by atoms with Gasteiger partial charge in [0.1, 0.15) is 11.6 Å². The van der Waals surface area contributed by atoms with Gasteiger partial charge in [0.05, 0.1) is 30.6 Å². The standard InChI is InChI=1S/C30H37FN4O4/c1-3-7-24-27-28(24)30(38)35-25(26(36)18-33-17-21-10-19(4-2)15-32-16-21)13-20-11-22(31)14-23(12-20)39-9-6-5-8-34-29(27)37/h1,10-12,14-16,24-28,33,36H,4-9,13,17-18H2,2H3,(H,34,37)(H,35,38)/t24?,25-,26+,27?,28?/m0/s1. The zero-order chi connectivity index (χ0) is 27.8. The summed E-state index contributed by atoms with van der Waals surface area (Å²) in [5, 5.41) is 20.2. The molecule has 39 heavy (non-hydrogen) atoms. The minimum atomic E-state index is -0.986. The Morgan fingerprint density at radius 2 is 1.97 bits per heavy atom. The number of carbonyl (C=O) groups is 2. The normalized spacial score (nSPS) is 24.4. The maximum atomic E-state index is 14.4. The number of benzene rings is 1. The van der Waals surface area contributed by atoms with Gasteiger partial charge >= 0.3 is 0 Å². The molecule has 1 aromatic heterocycles. The van der Waals surface area contributed by atoms with Gasteiger partial charge in [0.2, 0.25) is 11.8 Å². The predicted octanol–water partition coefficient (Wildman–Crippen LogP) is 2.14. The SMILES string of the molecule is C#CCC1C2C(=O)NCCCCOc3cc(F)cc(c3)C[C@@H]([C@H](O)CNCc3cncc(CC)c3)NC(=O)C12. The number of hydrogen-bond donors (Lipinski definition) is 4. The van der Waals surface area contributed by atoms with Crippen LogP contribution in [0.25, 0.3) is 0 Å². The molecular weight excluding hydrogens is 499 g/mol. The number of amides is 2. The topological polar surface area (TPSA) is 113 Å². The Morgan fingerprint density at radius 3 is 2.77 bits per heavy atom. The van der Waals surface area contributed by atoms with Gasteiger partial charge in [0.15, 0.2) is 0 Å². The van der Waals surface area contributed by atoms with Crippen LogP contribution in [0.5, 0.6) is 5.75 Å². The van der Waals surface area contributed by atoms with Gasteiger partial charge in [-0.1, -0.05) is 13.0 Å². The van der Waals surface area contributed by atoms with Crippen molar-refractivity contribution in [1.29, 1.82) is 0 Å². The second-order valence-electron chi connectivity index (χ2n) is 10.3. The molecule has 2 aliphatic rings. The van der Waals surface area contributed by atoms with Crippen molar-refractivity contribution in [1.82, 2.24) is 20.9 Å². The highest BCUT2D eigenvalue weighted by Gasteiger charge is 2.58. The molecule has 4 N–H and O–H groups in total. The summed E-state index contributed by atoms with van der Waals surface area (Å²) in [5.41, 5.74) is 2.69. The second-order valence-corrected chi connectivity index (χ2v) is 10.3. The Bertz CT molecular complexity index is 1200. The number of ether oxygens (including phenoxy) is 1. The fraction of sp³-hybridized carbons (Fsp3) is 0.500. The van der Waals surface area contributed by atoms with Crippen LogP contribution in [0.4, 0.5) is 4.39 Å². The molecule has 1 saturated carbocycles. The zero-order valence-corrected chi connectivity index (χ0v) is 22.3. The van der Waals surface area contributed by atoms with Crippen LogP contribution in [0, 0.1) is 35.9 Å². The van der Waals surface area contributed by atoms with Crippen LogP contribution in [0.15, 0.2) is 36.7 Å². The van der Waals surface area contributed by atoms with Crippen molar-refractivity contribution in [2.24, 2.45) is 17.8 Å². The van der Waals surface area contributed by atoms with Crippen LogP contribution in [0.1, 0.15) is 42.9 Å². The van der Waals surface area contributed by atoms with Crippen molar-refractivity contribution in [3.8, 4) is 18.1 Å². The number of halogens is 1. The molecule has 0 spiro atoms. The monoisotopic (exact) mass is 536 g/mol. The van der Waals surface area contributed by atoms with Crippen molar-refractivity contribution in [3.63, 3.8) is 0 Å². The molecule has 4 rings (SSSR count). The molecule has 208 valence electrons. The number of nitrogens with one attached hydrogen (secondary N) is 3. The number of fused-ring (bicyclic) bond motifs is 3. The van der Waals surface area contributed by atoms with Crippen molar-refractivity contribution >= 4 is 11.8 Å². The fourth-order valence-electron chi connectivity index (χ4n) is 5.20. The Labute approximate surface area is 229 Å². The number of terminal acetylenes is 1. The number of hydrogen-bond acceptors (Lipinski definition) is 6. The molecule has 0 saturated heterocycles. The predicted molar refractivity (Wildman–Crippen MR) is 145 cm³/mol. The first kappa shape index (κ1) is 28.5. The molecule has 2 aromatic rings. The molecular formula is C30H37FN4O4. The summed E-state index contributed by atoms with van der Waals surface area (Å²) >= 11 is 0. The minimum Gasteiger partial charge on any atom is -0.493 e. The third kappa shape index (κ3) is 7.78. The van der Waals surface area contributed by atoms with E-state index in [9.17, 15) is 19.1 Å². The number of aromatic nitrogens is 1. The zero-order valence-electron chi connectivity index (χ0n) is 22.3. The molecule has 2 bridgehead atoms. The Hall–Kier alpha value is -3.48. The van der Waals surface area contributed by atoms with Crippen molar-refractivity contribution < 1.29 is 23.8 Å². The van der Waals surface area contributed by atoms with E-state index >= 15 is 0 Å². The average molecular weight is 537 g/mol. The van der Waals surface area contributed by atoms with Gasteiger partial charge < -0.3 is 25.8 Å². The third-order valence-corrected chi connectivity index (χ3v) is 7.39. The van der Waals surface area contributed by atoms with E-state index in [0.29, 0.717) is 50.3 Å². The lowest BCUT2D eigenvalue weighted by molar-refractivity contribution is -0.128. The van der Waals surface area contributed by atoms with Crippen molar-refractivity contribution in [2.75, 3.05) is 19.7 Å². The number of carbonyl (C=O) groups excluding carboxylic acids is 2. The summed E-state index contributed by atoms with van der Waals surface area (Å²) in [5.74, 6) is 0.683. The first-order valence-corrected chi connectivity index (χ1v) is 13.6. The summed E-state index contributed by atoms with van der Waals surface area (Å²) in [6.45, 7) is 3.57. The molecule has 8 nitrogen and oxygen atoms in total. The molecule has 2 heterocycles. The highest BCUT2D eigenvalue weighted by atomic mass is 19.1. The van der Waals surface area contributed by atoms with E-state index in [-0.39, 0.29) is 30.7 Å². The summed E-state index contributed by atoms with van der Waals surface area (Å²) in [6.07, 6.45) is 10.9.